The summed E-state index contributed by atoms with van der Waals surface area (Å²) < 4.78 is 31.5. The highest BCUT2D eigenvalue weighted by Crippen LogP contribution is 2.18. The normalized spacial score (nSPS) is 11.6. The van der Waals surface area contributed by atoms with E-state index in [-0.39, 0.29) is 5.75 Å². The molecule has 6 heteroatoms. The van der Waals surface area contributed by atoms with Crippen LogP contribution in [0.2, 0.25) is 0 Å². The maximum atomic E-state index is 11.9. The van der Waals surface area contributed by atoms with Crippen molar-refractivity contribution in [1.82, 2.24) is 5.32 Å². The minimum absolute atomic E-state index is 0.129. The van der Waals surface area contributed by atoms with Crippen molar-refractivity contribution in [2.24, 2.45) is 0 Å². The van der Waals surface area contributed by atoms with Crippen LogP contribution in [-0.2, 0) is 10.0 Å². The first-order valence-electron chi connectivity index (χ1n) is 6.81. The molecule has 0 fully saturated rings. The minimum Gasteiger partial charge on any atom is -0.497 e. The molecule has 0 aliphatic rings. The molecule has 0 saturated heterocycles. The molecular formula is C14H24N2O3S. The van der Waals surface area contributed by atoms with E-state index in [1.165, 1.54) is 0 Å². The van der Waals surface area contributed by atoms with Crippen LogP contribution in [0.3, 0.4) is 0 Å². The van der Waals surface area contributed by atoms with Crippen LogP contribution in [0.5, 0.6) is 5.75 Å². The van der Waals surface area contributed by atoms with Gasteiger partial charge in [-0.15, -0.1) is 0 Å². The van der Waals surface area contributed by atoms with Crippen LogP contribution in [0.25, 0.3) is 0 Å². The van der Waals surface area contributed by atoms with Gasteiger partial charge in [0.25, 0.3) is 0 Å². The van der Waals surface area contributed by atoms with Crippen molar-refractivity contribution in [3.8, 4) is 5.75 Å². The molecule has 0 aliphatic heterocycles. The Balaban J connectivity index is 2.41. The van der Waals surface area contributed by atoms with Gasteiger partial charge in [-0.2, -0.15) is 0 Å². The summed E-state index contributed by atoms with van der Waals surface area (Å²) in [6, 6.07) is 7.33. The lowest BCUT2D eigenvalue weighted by Crippen LogP contribution is -2.24. The van der Waals surface area contributed by atoms with E-state index < -0.39 is 10.0 Å². The van der Waals surface area contributed by atoms with Crippen molar-refractivity contribution >= 4 is 15.7 Å². The second kappa shape index (κ2) is 8.11. The molecule has 0 aromatic heterocycles. The van der Waals surface area contributed by atoms with Gasteiger partial charge in [-0.1, -0.05) is 19.9 Å². The van der Waals surface area contributed by atoms with Crippen LogP contribution < -0.4 is 14.8 Å². The molecule has 0 amide bonds. The first-order chi connectivity index (χ1) is 9.43. The van der Waals surface area contributed by atoms with Crippen molar-refractivity contribution in [1.29, 1.82) is 0 Å². The van der Waals surface area contributed by atoms with Gasteiger partial charge >= 0.3 is 0 Å². The number of unbranched alkanes of at least 4 members (excludes halogenated alkanes) is 1. The molecule has 0 unspecified atom stereocenters. The molecule has 1 rings (SSSR count). The van der Waals surface area contributed by atoms with Crippen LogP contribution in [-0.4, -0.2) is 33.9 Å². The van der Waals surface area contributed by atoms with Gasteiger partial charge in [0.15, 0.2) is 0 Å². The van der Waals surface area contributed by atoms with E-state index in [1.54, 1.807) is 31.4 Å². The van der Waals surface area contributed by atoms with E-state index in [2.05, 4.69) is 23.9 Å². The summed E-state index contributed by atoms with van der Waals surface area (Å²) >= 11 is 0. The molecular weight excluding hydrogens is 276 g/mol. The largest absolute Gasteiger partial charge is 0.497 e. The van der Waals surface area contributed by atoms with Gasteiger partial charge in [0, 0.05) is 12.1 Å². The summed E-state index contributed by atoms with van der Waals surface area (Å²) in [4.78, 5) is 0. The number of methoxy groups -OCH3 is 1. The number of benzene rings is 1. The van der Waals surface area contributed by atoms with Gasteiger partial charge in [-0.25, -0.2) is 8.42 Å². The first-order valence-corrected chi connectivity index (χ1v) is 8.46. The molecule has 0 radical (unpaired) electrons. The molecule has 20 heavy (non-hydrogen) atoms. The average Bonchev–Trinajstić information content (AvgIpc) is 2.37. The van der Waals surface area contributed by atoms with Crippen molar-refractivity contribution < 1.29 is 13.2 Å². The maximum Gasteiger partial charge on any atom is 0.232 e. The topological polar surface area (TPSA) is 67.4 Å². The van der Waals surface area contributed by atoms with Crippen LogP contribution in [0.1, 0.15) is 26.7 Å². The molecule has 0 atom stereocenters. The minimum atomic E-state index is -3.29. The summed E-state index contributed by atoms with van der Waals surface area (Å²) in [5.41, 5.74) is 0.532. The fraction of sp³-hybridized carbons (Fsp3) is 0.571. The Hall–Kier alpha value is -1.27. The smallest absolute Gasteiger partial charge is 0.232 e. The highest BCUT2D eigenvalue weighted by atomic mass is 32.2. The number of anilines is 1. The van der Waals surface area contributed by atoms with Crippen molar-refractivity contribution in [2.75, 3.05) is 24.1 Å². The van der Waals surface area contributed by atoms with Gasteiger partial charge in [0.05, 0.1) is 18.6 Å². The SMILES string of the molecule is COc1cccc(NS(=O)(=O)CCCCNC(C)C)c1. The Kier molecular flexibility index (Phi) is 6.81. The van der Waals surface area contributed by atoms with Gasteiger partial charge in [0.1, 0.15) is 5.75 Å². The molecule has 0 saturated carbocycles. The van der Waals surface area contributed by atoms with E-state index in [0.717, 1.165) is 13.0 Å². The predicted molar refractivity (Wildman–Crippen MR) is 82.8 cm³/mol. The molecule has 1 aromatic rings. The lowest BCUT2D eigenvalue weighted by Gasteiger charge is -2.10. The second-order valence-corrected chi connectivity index (χ2v) is 6.81. The molecule has 2 N–H and O–H groups in total. The maximum absolute atomic E-state index is 11.9. The third-order valence-electron chi connectivity index (χ3n) is 2.74. The molecule has 0 bridgehead atoms. The summed E-state index contributed by atoms with van der Waals surface area (Å²) in [5.74, 6) is 0.760. The molecule has 1 aromatic carbocycles. The summed E-state index contributed by atoms with van der Waals surface area (Å²) in [7, 11) is -1.74. The second-order valence-electron chi connectivity index (χ2n) is 4.97. The summed E-state index contributed by atoms with van der Waals surface area (Å²) in [6.07, 6.45) is 1.48. The number of hydrogen-bond acceptors (Lipinski definition) is 4. The number of nitrogens with one attached hydrogen (secondary N) is 2. The van der Waals surface area contributed by atoms with Crippen molar-refractivity contribution in [3.05, 3.63) is 24.3 Å². The predicted octanol–water partition coefficient (Wildman–Crippen LogP) is 2.22. The van der Waals surface area contributed by atoms with Gasteiger partial charge in [-0.05, 0) is 31.5 Å². The highest BCUT2D eigenvalue weighted by molar-refractivity contribution is 7.92. The van der Waals surface area contributed by atoms with Crippen molar-refractivity contribution in [2.45, 2.75) is 32.7 Å². The lowest BCUT2D eigenvalue weighted by molar-refractivity contribution is 0.415. The Morgan fingerprint density at radius 1 is 1.25 bits per heavy atom. The fourth-order valence-corrected chi connectivity index (χ4v) is 2.90. The zero-order chi connectivity index (χ0) is 15.0. The Morgan fingerprint density at radius 3 is 2.65 bits per heavy atom. The summed E-state index contributed by atoms with van der Waals surface area (Å²) in [6.45, 7) is 4.98. The van der Waals surface area contributed by atoms with E-state index in [9.17, 15) is 8.42 Å². The van der Waals surface area contributed by atoms with Gasteiger partial charge in [-0.3, -0.25) is 4.72 Å². The summed E-state index contributed by atoms with van der Waals surface area (Å²) in [5, 5.41) is 3.26. The Labute approximate surface area is 121 Å². The lowest BCUT2D eigenvalue weighted by atomic mass is 10.3. The van der Waals surface area contributed by atoms with E-state index in [4.69, 9.17) is 4.74 Å². The molecule has 0 spiro atoms. The zero-order valence-corrected chi connectivity index (χ0v) is 13.2. The number of hydrogen-bond donors (Lipinski definition) is 2. The highest BCUT2D eigenvalue weighted by Gasteiger charge is 2.10. The zero-order valence-electron chi connectivity index (χ0n) is 12.3. The Morgan fingerprint density at radius 2 is 2.00 bits per heavy atom. The van der Waals surface area contributed by atoms with Crippen LogP contribution >= 0.6 is 0 Å². The molecule has 0 heterocycles. The molecule has 5 nitrogen and oxygen atoms in total. The number of sulfonamides is 1. The monoisotopic (exact) mass is 300 g/mol. The van der Waals surface area contributed by atoms with Gasteiger partial charge < -0.3 is 10.1 Å². The van der Waals surface area contributed by atoms with E-state index in [0.29, 0.717) is 23.9 Å². The van der Waals surface area contributed by atoms with E-state index >= 15 is 0 Å². The average molecular weight is 300 g/mol. The Bertz CT molecular complexity index is 501. The molecule has 114 valence electrons. The van der Waals surface area contributed by atoms with Crippen LogP contribution in [0.4, 0.5) is 5.69 Å². The number of rotatable bonds is 9. The van der Waals surface area contributed by atoms with Gasteiger partial charge in [0.2, 0.25) is 10.0 Å². The molecule has 0 aliphatic carbocycles. The third kappa shape index (κ3) is 6.77. The first kappa shape index (κ1) is 16.8. The van der Waals surface area contributed by atoms with Crippen LogP contribution in [0, 0.1) is 0 Å². The van der Waals surface area contributed by atoms with Crippen LogP contribution in [0.15, 0.2) is 24.3 Å². The van der Waals surface area contributed by atoms with Crippen molar-refractivity contribution in [3.63, 3.8) is 0 Å². The number of ether oxygens (including phenoxy) is 1. The third-order valence-corrected chi connectivity index (χ3v) is 4.11. The quantitative estimate of drug-likeness (QED) is 0.686. The standard InChI is InChI=1S/C14H24N2O3S/c1-12(2)15-9-4-5-10-20(17,18)16-13-7-6-8-14(11-13)19-3/h6-8,11-12,15-16H,4-5,9-10H2,1-3H3. The fourth-order valence-electron chi connectivity index (χ4n) is 1.72. The van der Waals surface area contributed by atoms with E-state index in [1.807, 2.05) is 0 Å².